The molecule has 0 amide bonds. The van der Waals surface area contributed by atoms with E-state index in [9.17, 15) is 8.42 Å². The van der Waals surface area contributed by atoms with E-state index in [1.807, 2.05) is 19.1 Å². The van der Waals surface area contributed by atoms with Gasteiger partial charge < -0.3 is 4.90 Å². The highest BCUT2D eigenvalue weighted by molar-refractivity contribution is 7.88. The first kappa shape index (κ1) is 14.2. The lowest BCUT2D eigenvalue weighted by atomic mass is 10.1. The summed E-state index contributed by atoms with van der Waals surface area (Å²) in [5.74, 6) is 0.882. The van der Waals surface area contributed by atoms with Crippen molar-refractivity contribution in [3.8, 4) is 0 Å². The van der Waals surface area contributed by atoms with Crippen molar-refractivity contribution in [2.45, 2.75) is 32.2 Å². The highest BCUT2D eigenvalue weighted by Crippen LogP contribution is 2.25. The van der Waals surface area contributed by atoms with Crippen molar-refractivity contribution in [3.63, 3.8) is 0 Å². The Morgan fingerprint density at radius 3 is 2.84 bits per heavy atom. The van der Waals surface area contributed by atoms with Gasteiger partial charge in [0.2, 0.25) is 10.0 Å². The number of sulfonamides is 1. The van der Waals surface area contributed by atoms with Crippen molar-refractivity contribution in [2.24, 2.45) is 0 Å². The number of anilines is 1. The molecule has 1 saturated heterocycles. The van der Waals surface area contributed by atoms with Gasteiger partial charge in [-0.1, -0.05) is 0 Å². The Kier molecular flexibility index (Phi) is 4.36. The second-order valence-electron chi connectivity index (χ2n) is 4.98. The minimum Gasteiger partial charge on any atom is -0.352 e. The molecule has 0 spiro atoms. The van der Waals surface area contributed by atoms with Crippen molar-refractivity contribution in [1.29, 1.82) is 0 Å². The second kappa shape index (κ2) is 5.83. The third-order valence-corrected chi connectivity index (χ3v) is 4.03. The minimum absolute atomic E-state index is 0.339. The van der Waals surface area contributed by atoms with Gasteiger partial charge in [0, 0.05) is 19.1 Å². The lowest BCUT2D eigenvalue weighted by molar-refractivity contribution is 0.565. The maximum Gasteiger partial charge on any atom is 0.208 e. The van der Waals surface area contributed by atoms with Crippen LogP contribution >= 0.6 is 0 Å². The molecule has 0 bridgehead atoms. The Morgan fingerprint density at radius 1 is 1.42 bits per heavy atom. The van der Waals surface area contributed by atoms with E-state index in [0.717, 1.165) is 37.3 Å². The summed E-state index contributed by atoms with van der Waals surface area (Å²) in [5, 5.41) is 8.28. The summed E-state index contributed by atoms with van der Waals surface area (Å²) in [6.07, 6.45) is 4.16. The standard InChI is InChI=1S/C12H20N4O2S/c1-10-5-6-12(15-14-10)16-9-3-4-11(16)7-8-13-19(2,17)18/h5-6,11,13H,3-4,7-9H2,1-2H3. The Hall–Kier alpha value is -1.21. The van der Waals surface area contributed by atoms with Crippen molar-refractivity contribution >= 4 is 15.8 Å². The monoisotopic (exact) mass is 284 g/mol. The average molecular weight is 284 g/mol. The molecule has 0 saturated carbocycles. The molecule has 1 N–H and O–H groups in total. The maximum atomic E-state index is 11.0. The van der Waals surface area contributed by atoms with Gasteiger partial charge in [-0.2, -0.15) is 5.10 Å². The number of rotatable bonds is 5. The molecule has 1 atom stereocenters. The number of aryl methyl sites for hydroxylation is 1. The molecule has 0 aromatic carbocycles. The van der Waals surface area contributed by atoms with Crippen LogP contribution in [0.4, 0.5) is 5.82 Å². The van der Waals surface area contributed by atoms with Crippen LogP contribution in [-0.2, 0) is 10.0 Å². The minimum atomic E-state index is -3.10. The van der Waals surface area contributed by atoms with E-state index in [1.54, 1.807) is 0 Å². The molecule has 106 valence electrons. The number of hydrogen-bond donors (Lipinski definition) is 1. The van der Waals surface area contributed by atoms with E-state index in [0.29, 0.717) is 12.6 Å². The zero-order valence-corrected chi connectivity index (χ0v) is 12.2. The molecule has 7 heteroatoms. The van der Waals surface area contributed by atoms with E-state index in [-0.39, 0.29) is 0 Å². The van der Waals surface area contributed by atoms with Gasteiger partial charge in [-0.25, -0.2) is 13.1 Å². The van der Waals surface area contributed by atoms with E-state index >= 15 is 0 Å². The van der Waals surface area contributed by atoms with Gasteiger partial charge >= 0.3 is 0 Å². The molecule has 2 heterocycles. The van der Waals surface area contributed by atoms with E-state index in [4.69, 9.17) is 0 Å². The van der Waals surface area contributed by atoms with Crippen LogP contribution in [0.3, 0.4) is 0 Å². The van der Waals surface area contributed by atoms with Gasteiger partial charge in [0.1, 0.15) is 0 Å². The fraction of sp³-hybridized carbons (Fsp3) is 0.667. The van der Waals surface area contributed by atoms with Crippen molar-refractivity contribution in [3.05, 3.63) is 17.8 Å². The molecule has 1 fully saturated rings. The van der Waals surface area contributed by atoms with E-state index in [2.05, 4.69) is 19.8 Å². The molecule has 0 aliphatic carbocycles. The van der Waals surface area contributed by atoms with Crippen LogP contribution in [0.2, 0.25) is 0 Å². The topological polar surface area (TPSA) is 75.2 Å². The quantitative estimate of drug-likeness (QED) is 0.861. The predicted octanol–water partition coefficient (Wildman–Crippen LogP) is 0.693. The molecule has 1 aromatic rings. The summed E-state index contributed by atoms with van der Waals surface area (Å²) in [7, 11) is -3.10. The summed E-state index contributed by atoms with van der Waals surface area (Å²) in [4.78, 5) is 2.22. The highest BCUT2D eigenvalue weighted by atomic mass is 32.2. The zero-order chi connectivity index (χ0) is 13.9. The van der Waals surface area contributed by atoms with Gasteiger partial charge in [-0.3, -0.25) is 0 Å². The third-order valence-electron chi connectivity index (χ3n) is 3.30. The summed E-state index contributed by atoms with van der Waals surface area (Å²) in [6, 6.07) is 4.27. The average Bonchev–Trinajstić information content (AvgIpc) is 2.77. The van der Waals surface area contributed by atoms with Crippen LogP contribution in [-0.4, -0.2) is 44.0 Å². The maximum absolute atomic E-state index is 11.0. The molecule has 19 heavy (non-hydrogen) atoms. The number of nitrogens with zero attached hydrogens (tertiary/aromatic N) is 3. The molecule has 1 aliphatic rings. The first-order chi connectivity index (χ1) is 8.96. The van der Waals surface area contributed by atoms with Crippen molar-refractivity contribution < 1.29 is 8.42 Å². The molecule has 1 aliphatic heterocycles. The molecule has 0 radical (unpaired) electrons. The van der Waals surface area contributed by atoms with Gasteiger partial charge in [-0.05, 0) is 38.3 Å². The lowest BCUT2D eigenvalue weighted by Gasteiger charge is -2.25. The fourth-order valence-electron chi connectivity index (χ4n) is 2.39. The summed E-state index contributed by atoms with van der Waals surface area (Å²) >= 11 is 0. The van der Waals surface area contributed by atoms with Crippen LogP contribution < -0.4 is 9.62 Å². The normalized spacial score (nSPS) is 19.9. The van der Waals surface area contributed by atoms with Gasteiger partial charge in [0.15, 0.2) is 5.82 Å². The summed E-state index contributed by atoms with van der Waals surface area (Å²) in [5.41, 5.74) is 0.901. The number of hydrogen-bond acceptors (Lipinski definition) is 5. The van der Waals surface area contributed by atoms with E-state index in [1.165, 1.54) is 6.26 Å². The molecular formula is C12H20N4O2S. The van der Waals surface area contributed by atoms with Crippen molar-refractivity contribution in [1.82, 2.24) is 14.9 Å². The zero-order valence-electron chi connectivity index (χ0n) is 11.3. The predicted molar refractivity (Wildman–Crippen MR) is 74.6 cm³/mol. The molecule has 6 nitrogen and oxygen atoms in total. The smallest absolute Gasteiger partial charge is 0.208 e. The Bertz CT molecular complexity index is 515. The van der Waals surface area contributed by atoms with Crippen molar-refractivity contribution in [2.75, 3.05) is 24.2 Å². The van der Waals surface area contributed by atoms with Crippen LogP contribution in [0.5, 0.6) is 0 Å². The Balaban J connectivity index is 1.95. The second-order valence-corrected chi connectivity index (χ2v) is 6.81. The van der Waals surface area contributed by atoms with Crippen LogP contribution in [0.1, 0.15) is 25.0 Å². The molecule has 1 aromatic heterocycles. The molecule has 2 rings (SSSR count). The van der Waals surface area contributed by atoms with Gasteiger partial charge in [-0.15, -0.1) is 5.10 Å². The van der Waals surface area contributed by atoms with Crippen LogP contribution in [0, 0.1) is 6.92 Å². The van der Waals surface area contributed by atoms with Gasteiger partial charge in [0.05, 0.1) is 11.9 Å². The van der Waals surface area contributed by atoms with Crippen LogP contribution in [0.25, 0.3) is 0 Å². The largest absolute Gasteiger partial charge is 0.352 e. The lowest BCUT2D eigenvalue weighted by Crippen LogP contribution is -2.34. The first-order valence-corrected chi connectivity index (χ1v) is 8.36. The molecular weight excluding hydrogens is 264 g/mol. The van der Waals surface area contributed by atoms with E-state index < -0.39 is 10.0 Å². The highest BCUT2D eigenvalue weighted by Gasteiger charge is 2.25. The first-order valence-electron chi connectivity index (χ1n) is 6.47. The van der Waals surface area contributed by atoms with Crippen LogP contribution in [0.15, 0.2) is 12.1 Å². The summed E-state index contributed by atoms with van der Waals surface area (Å²) < 4.78 is 24.6. The fourth-order valence-corrected chi connectivity index (χ4v) is 2.88. The summed E-state index contributed by atoms with van der Waals surface area (Å²) in [6.45, 7) is 3.34. The number of aromatic nitrogens is 2. The SMILES string of the molecule is Cc1ccc(N2CCCC2CCNS(C)(=O)=O)nn1. The number of nitrogens with one attached hydrogen (secondary N) is 1. The third kappa shape index (κ3) is 4.14. The Labute approximate surface area is 114 Å². The van der Waals surface area contributed by atoms with Gasteiger partial charge in [0.25, 0.3) is 0 Å². The molecule has 1 unspecified atom stereocenters. The Morgan fingerprint density at radius 2 is 2.21 bits per heavy atom.